The Morgan fingerprint density at radius 1 is 1.03 bits per heavy atom. The van der Waals surface area contributed by atoms with E-state index < -0.39 is 23.5 Å². The van der Waals surface area contributed by atoms with Crippen molar-refractivity contribution in [2.24, 2.45) is 0 Å². The minimum Gasteiger partial charge on any atom is -0.507 e. The van der Waals surface area contributed by atoms with E-state index in [1.807, 2.05) is 0 Å². The molecule has 0 spiro atoms. The number of benzene rings is 3. The van der Waals surface area contributed by atoms with Gasteiger partial charge in [0.05, 0.1) is 23.7 Å². The topological polar surface area (TPSA) is 66.8 Å². The van der Waals surface area contributed by atoms with Crippen molar-refractivity contribution in [1.29, 1.82) is 0 Å². The number of hydrogen-bond donors (Lipinski definition) is 1. The molecule has 1 N–H and O–H groups in total. The number of hydrogen-bond acceptors (Lipinski definition) is 4. The van der Waals surface area contributed by atoms with Gasteiger partial charge in [0.2, 0.25) is 0 Å². The zero-order valence-corrected chi connectivity index (χ0v) is 17.1. The van der Waals surface area contributed by atoms with Gasteiger partial charge in [-0.2, -0.15) is 0 Å². The molecule has 1 aliphatic rings. The van der Waals surface area contributed by atoms with E-state index in [4.69, 9.17) is 16.3 Å². The number of carbonyl (C=O) groups is 2. The highest BCUT2D eigenvalue weighted by Gasteiger charge is 2.47. The Kier molecular flexibility index (Phi) is 5.48. The van der Waals surface area contributed by atoms with E-state index >= 15 is 0 Å². The molecule has 5 nitrogen and oxygen atoms in total. The molecule has 3 aromatic rings. The third-order valence-electron chi connectivity index (χ3n) is 5.08. The van der Waals surface area contributed by atoms with Crippen LogP contribution >= 0.6 is 11.6 Å². The summed E-state index contributed by atoms with van der Waals surface area (Å²) in [7, 11) is 1.49. The number of anilines is 1. The van der Waals surface area contributed by atoms with Crippen molar-refractivity contribution in [2.45, 2.75) is 6.04 Å². The van der Waals surface area contributed by atoms with Crippen LogP contribution in [0.5, 0.6) is 5.75 Å². The van der Waals surface area contributed by atoms with Crippen molar-refractivity contribution in [2.75, 3.05) is 12.0 Å². The number of Topliss-reactive ketones (excluding diaryl/α,β-unsaturated/α-hetero) is 1. The fourth-order valence-electron chi connectivity index (χ4n) is 3.61. The second kappa shape index (κ2) is 8.24. The summed E-state index contributed by atoms with van der Waals surface area (Å²) >= 11 is 5.93. The smallest absolute Gasteiger partial charge is 0.300 e. The normalized spacial score (nSPS) is 17.8. The first-order chi connectivity index (χ1) is 14.9. The van der Waals surface area contributed by atoms with Crippen molar-refractivity contribution >= 4 is 34.7 Å². The number of carbonyl (C=O) groups excluding carboxylic acids is 2. The molecule has 1 unspecified atom stereocenters. The predicted molar refractivity (Wildman–Crippen MR) is 116 cm³/mol. The van der Waals surface area contributed by atoms with Crippen LogP contribution in [0.4, 0.5) is 10.1 Å². The fraction of sp³-hybridized carbons (Fsp3) is 0.0833. The number of ether oxygens (including phenoxy) is 1. The first kappa shape index (κ1) is 20.6. The Balaban J connectivity index is 1.94. The maximum absolute atomic E-state index is 13.7. The summed E-state index contributed by atoms with van der Waals surface area (Å²) in [5.74, 6) is -2.19. The Hall–Kier alpha value is -3.64. The lowest BCUT2D eigenvalue weighted by Crippen LogP contribution is -2.29. The largest absolute Gasteiger partial charge is 0.507 e. The van der Waals surface area contributed by atoms with E-state index in [0.717, 1.165) is 6.07 Å². The SMILES string of the molecule is COc1cccc(/C(O)=C2\C(=O)C(=O)N(c3ccc(F)c(Cl)c3)C2c2ccccc2)c1. The molecule has 0 bridgehead atoms. The van der Waals surface area contributed by atoms with Gasteiger partial charge in [0, 0.05) is 11.3 Å². The van der Waals surface area contributed by atoms with Crippen molar-refractivity contribution in [3.8, 4) is 5.75 Å². The molecule has 1 fully saturated rings. The Morgan fingerprint density at radius 2 is 1.77 bits per heavy atom. The van der Waals surface area contributed by atoms with Crippen LogP contribution in [-0.4, -0.2) is 23.9 Å². The van der Waals surface area contributed by atoms with Crippen LogP contribution in [0.2, 0.25) is 5.02 Å². The monoisotopic (exact) mass is 437 g/mol. The lowest BCUT2D eigenvalue weighted by molar-refractivity contribution is -0.132. The van der Waals surface area contributed by atoms with Crippen LogP contribution in [0, 0.1) is 5.82 Å². The highest BCUT2D eigenvalue weighted by Crippen LogP contribution is 2.42. The molecule has 1 heterocycles. The van der Waals surface area contributed by atoms with Crippen molar-refractivity contribution in [3.63, 3.8) is 0 Å². The van der Waals surface area contributed by atoms with Crippen molar-refractivity contribution in [1.82, 2.24) is 0 Å². The molecule has 7 heteroatoms. The summed E-state index contributed by atoms with van der Waals surface area (Å²) in [6.45, 7) is 0. The summed E-state index contributed by atoms with van der Waals surface area (Å²) in [5, 5.41) is 10.9. The second-order valence-electron chi connectivity index (χ2n) is 6.91. The number of amides is 1. The van der Waals surface area contributed by atoms with E-state index in [1.54, 1.807) is 54.6 Å². The van der Waals surface area contributed by atoms with Crippen molar-refractivity contribution < 1.29 is 23.8 Å². The molecule has 0 aliphatic carbocycles. The summed E-state index contributed by atoms with van der Waals surface area (Å²) in [4.78, 5) is 27.3. The Bertz CT molecular complexity index is 1210. The van der Waals surface area contributed by atoms with Crippen LogP contribution in [0.25, 0.3) is 5.76 Å². The summed E-state index contributed by atoms with van der Waals surface area (Å²) < 4.78 is 18.9. The van der Waals surface area contributed by atoms with E-state index in [9.17, 15) is 19.1 Å². The quantitative estimate of drug-likeness (QED) is 0.350. The third-order valence-corrected chi connectivity index (χ3v) is 5.37. The van der Waals surface area contributed by atoms with Gasteiger partial charge in [-0.1, -0.05) is 54.1 Å². The Morgan fingerprint density at radius 3 is 2.45 bits per heavy atom. The van der Waals surface area contributed by atoms with Crippen LogP contribution in [-0.2, 0) is 9.59 Å². The predicted octanol–water partition coefficient (Wildman–Crippen LogP) is 5.11. The number of ketones is 1. The van der Waals surface area contributed by atoms with E-state index in [-0.39, 0.29) is 22.0 Å². The standard InChI is InChI=1S/C24H17ClFNO4/c1-31-17-9-5-8-15(12-17)22(28)20-21(14-6-3-2-4-7-14)27(24(30)23(20)29)16-10-11-19(26)18(25)13-16/h2-13,21,28H,1H3/b22-20+. The molecule has 0 aromatic heterocycles. The van der Waals surface area contributed by atoms with Crippen LogP contribution in [0.15, 0.2) is 78.4 Å². The number of methoxy groups -OCH3 is 1. The van der Waals surface area contributed by atoms with E-state index in [0.29, 0.717) is 16.9 Å². The lowest BCUT2D eigenvalue weighted by atomic mass is 9.95. The molecule has 4 rings (SSSR count). The first-order valence-corrected chi connectivity index (χ1v) is 9.75. The van der Waals surface area contributed by atoms with Crippen LogP contribution in [0.3, 0.4) is 0 Å². The molecule has 156 valence electrons. The average Bonchev–Trinajstić information content (AvgIpc) is 3.06. The summed E-state index contributed by atoms with van der Waals surface area (Å²) in [6.07, 6.45) is 0. The van der Waals surface area contributed by atoms with Gasteiger partial charge in [-0.05, 0) is 35.9 Å². The van der Waals surface area contributed by atoms with Crippen LogP contribution < -0.4 is 9.64 Å². The van der Waals surface area contributed by atoms with E-state index in [2.05, 4.69) is 0 Å². The highest BCUT2D eigenvalue weighted by molar-refractivity contribution is 6.51. The van der Waals surface area contributed by atoms with Gasteiger partial charge < -0.3 is 9.84 Å². The van der Waals surface area contributed by atoms with Gasteiger partial charge in [-0.15, -0.1) is 0 Å². The van der Waals surface area contributed by atoms with Gasteiger partial charge in [0.15, 0.2) is 0 Å². The highest BCUT2D eigenvalue weighted by atomic mass is 35.5. The third kappa shape index (κ3) is 3.66. The number of rotatable bonds is 4. The molecule has 31 heavy (non-hydrogen) atoms. The van der Waals surface area contributed by atoms with E-state index in [1.165, 1.54) is 24.1 Å². The zero-order valence-electron chi connectivity index (χ0n) is 16.4. The van der Waals surface area contributed by atoms with Gasteiger partial charge >= 0.3 is 0 Å². The summed E-state index contributed by atoms with van der Waals surface area (Å²) in [6, 6.07) is 18.2. The minimum atomic E-state index is -0.922. The number of aliphatic hydroxyl groups excluding tert-OH is 1. The average molecular weight is 438 g/mol. The zero-order chi connectivity index (χ0) is 22.1. The van der Waals surface area contributed by atoms with Gasteiger partial charge in [0.1, 0.15) is 17.3 Å². The van der Waals surface area contributed by atoms with Crippen LogP contribution in [0.1, 0.15) is 17.2 Å². The number of aliphatic hydroxyl groups is 1. The summed E-state index contributed by atoms with van der Waals surface area (Å²) in [5.41, 5.74) is 1.10. The fourth-order valence-corrected chi connectivity index (χ4v) is 3.79. The number of nitrogens with zero attached hydrogens (tertiary/aromatic N) is 1. The molecular weight excluding hydrogens is 421 g/mol. The second-order valence-corrected chi connectivity index (χ2v) is 7.32. The maximum Gasteiger partial charge on any atom is 0.300 e. The molecule has 1 amide bonds. The number of halogens is 2. The molecule has 1 aliphatic heterocycles. The van der Waals surface area contributed by atoms with Gasteiger partial charge in [0.25, 0.3) is 11.7 Å². The molecule has 1 saturated heterocycles. The first-order valence-electron chi connectivity index (χ1n) is 9.38. The molecule has 0 saturated carbocycles. The maximum atomic E-state index is 13.7. The minimum absolute atomic E-state index is 0.0788. The van der Waals surface area contributed by atoms with Gasteiger partial charge in [-0.3, -0.25) is 14.5 Å². The molecular formula is C24H17ClFNO4. The molecule has 0 radical (unpaired) electrons. The molecule has 3 aromatic carbocycles. The van der Waals surface area contributed by atoms with Gasteiger partial charge in [-0.25, -0.2) is 4.39 Å². The Labute approximate surface area is 182 Å². The van der Waals surface area contributed by atoms with Crippen molar-refractivity contribution in [3.05, 3.63) is 100 Å². The lowest BCUT2D eigenvalue weighted by Gasteiger charge is -2.25. The molecule has 1 atom stereocenters.